The molecule has 1 atom stereocenters. The van der Waals surface area contributed by atoms with E-state index in [4.69, 9.17) is 5.73 Å². The zero-order valence-electron chi connectivity index (χ0n) is 10.3. The largest absolute Gasteiger partial charge is 0.323 e. The number of aryl methyl sites for hydroxylation is 1. The maximum absolute atomic E-state index is 6.20. The summed E-state index contributed by atoms with van der Waals surface area (Å²) in [4.78, 5) is 2.36. The summed E-state index contributed by atoms with van der Waals surface area (Å²) in [6.07, 6.45) is 2.81. The lowest BCUT2D eigenvalue weighted by Gasteiger charge is -2.21. The third-order valence-electron chi connectivity index (χ3n) is 3.28. The molecule has 1 unspecified atom stereocenters. The van der Waals surface area contributed by atoms with Crippen LogP contribution in [0.5, 0.6) is 0 Å². The molecule has 1 aliphatic rings. The maximum Gasteiger partial charge on any atom is 0.0424 e. The van der Waals surface area contributed by atoms with Crippen molar-refractivity contribution in [2.45, 2.75) is 25.8 Å². The Hall–Kier alpha value is -0.860. The van der Waals surface area contributed by atoms with Gasteiger partial charge >= 0.3 is 0 Å². The van der Waals surface area contributed by atoms with Gasteiger partial charge in [0.15, 0.2) is 0 Å². The van der Waals surface area contributed by atoms with Crippen molar-refractivity contribution in [2.24, 2.45) is 11.7 Å². The fraction of sp³-hybridized carbons (Fsp3) is 0.571. The van der Waals surface area contributed by atoms with E-state index in [1.807, 2.05) is 0 Å². The van der Waals surface area contributed by atoms with Gasteiger partial charge in [-0.25, -0.2) is 0 Å². The van der Waals surface area contributed by atoms with Gasteiger partial charge in [0.1, 0.15) is 0 Å². The normalized spacial score (nSPS) is 17.8. The van der Waals surface area contributed by atoms with Crippen molar-refractivity contribution in [1.29, 1.82) is 0 Å². The Morgan fingerprint density at radius 3 is 2.50 bits per heavy atom. The van der Waals surface area contributed by atoms with Gasteiger partial charge in [0.25, 0.3) is 0 Å². The molecule has 0 saturated heterocycles. The number of hydrogen-bond acceptors (Lipinski definition) is 2. The van der Waals surface area contributed by atoms with Crippen LogP contribution < -0.4 is 5.73 Å². The molecule has 1 fully saturated rings. The molecular formula is C14H22N2. The zero-order chi connectivity index (χ0) is 11.5. The Kier molecular flexibility index (Phi) is 3.62. The minimum atomic E-state index is 0.143. The van der Waals surface area contributed by atoms with Crippen molar-refractivity contribution in [1.82, 2.24) is 4.90 Å². The quantitative estimate of drug-likeness (QED) is 0.822. The number of likely N-dealkylation sites (N-methyl/N-ethyl adjacent to an activating group) is 1. The molecule has 1 saturated carbocycles. The minimum Gasteiger partial charge on any atom is -0.323 e. The molecular weight excluding hydrogens is 196 g/mol. The summed E-state index contributed by atoms with van der Waals surface area (Å²) in [5, 5.41) is 0. The van der Waals surface area contributed by atoms with E-state index in [9.17, 15) is 0 Å². The lowest BCUT2D eigenvalue weighted by atomic mass is 10.1. The Balaban J connectivity index is 1.85. The van der Waals surface area contributed by atoms with Crippen LogP contribution in [0, 0.1) is 12.8 Å². The van der Waals surface area contributed by atoms with Gasteiger partial charge in [-0.2, -0.15) is 0 Å². The standard InChI is InChI=1S/C14H22N2/c1-11-3-7-13(8-4-11)14(15)10-16(2)9-12-5-6-12/h3-4,7-8,12,14H,5-6,9-10,15H2,1-2H3. The van der Waals surface area contributed by atoms with E-state index >= 15 is 0 Å². The maximum atomic E-state index is 6.20. The summed E-state index contributed by atoms with van der Waals surface area (Å²) >= 11 is 0. The predicted molar refractivity (Wildman–Crippen MR) is 68.3 cm³/mol. The van der Waals surface area contributed by atoms with Crippen molar-refractivity contribution in [3.8, 4) is 0 Å². The summed E-state index contributed by atoms with van der Waals surface area (Å²) in [7, 11) is 2.17. The first-order chi connectivity index (χ1) is 7.65. The molecule has 1 aliphatic carbocycles. The van der Waals surface area contributed by atoms with Crippen LogP contribution in [-0.4, -0.2) is 25.0 Å². The van der Waals surface area contributed by atoms with Gasteiger partial charge in [-0.05, 0) is 38.3 Å². The Labute approximate surface area is 98.4 Å². The molecule has 0 aromatic heterocycles. The average molecular weight is 218 g/mol. The highest BCUT2D eigenvalue weighted by atomic mass is 15.1. The van der Waals surface area contributed by atoms with Crippen LogP contribution >= 0.6 is 0 Å². The Morgan fingerprint density at radius 2 is 1.94 bits per heavy atom. The van der Waals surface area contributed by atoms with Gasteiger partial charge in [0.2, 0.25) is 0 Å². The van der Waals surface area contributed by atoms with Gasteiger partial charge in [-0.15, -0.1) is 0 Å². The molecule has 0 heterocycles. The summed E-state index contributed by atoms with van der Waals surface area (Å²) in [6.45, 7) is 4.27. The van der Waals surface area contributed by atoms with Crippen LogP contribution in [0.2, 0.25) is 0 Å². The topological polar surface area (TPSA) is 29.3 Å². The number of nitrogens with two attached hydrogens (primary N) is 1. The van der Waals surface area contributed by atoms with Crippen molar-refractivity contribution >= 4 is 0 Å². The van der Waals surface area contributed by atoms with Gasteiger partial charge in [-0.3, -0.25) is 0 Å². The molecule has 2 nitrogen and oxygen atoms in total. The van der Waals surface area contributed by atoms with E-state index in [1.165, 1.54) is 30.5 Å². The fourth-order valence-corrected chi connectivity index (χ4v) is 2.07. The second-order valence-corrected chi connectivity index (χ2v) is 5.18. The first-order valence-electron chi connectivity index (χ1n) is 6.16. The number of nitrogens with zero attached hydrogens (tertiary/aromatic N) is 1. The van der Waals surface area contributed by atoms with E-state index in [-0.39, 0.29) is 6.04 Å². The van der Waals surface area contributed by atoms with Gasteiger partial charge in [0.05, 0.1) is 0 Å². The van der Waals surface area contributed by atoms with Crippen LogP contribution in [0.3, 0.4) is 0 Å². The van der Waals surface area contributed by atoms with Gasteiger partial charge in [0, 0.05) is 19.1 Å². The minimum absolute atomic E-state index is 0.143. The molecule has 88 valence electrons. The van der Waals surface area contributed by atoms with E-state index in [2.05, 4.69) is 43.1 Å². The molecule has 1 aromatic rings. The van der Waals surface area contributed by atoms with Crippen molar-refractivity contribution in [3.63, 3.8) is 0 Å². The third kappa shape index (κ3) is 3.32. The highest BCUT2D eigenvalue weighted by Gasteiger charge is 2.23. The molecule has 0 aliphatic heterocycles. The van der Waals surface area contributed by atoms with Crippen molar-refractivity contribution in [2.75, 3.05) is 20.1 Å². The second-order valence-electron chi connectivity index (χ2n) is 5.18. The third-order valence-corrected chi connectivity index (χ3v) is 3.28. The SMILES string of the molecule is Cc1ccc(C(N)CN(C)CC2CC2)cc1. The first kappa shape index (κ1) is 11.6. The van der Waals surface area contributed by atoms with Gasteiger partial charge < -0.3 is 10.6 Å². The van der Waals surface area contributed by atoms with E-state index in [1.54, 1.807) is 0 Å². The Morgan fingerprint density at radius 1 is 1.31 bits per heavy atom. The Bertz CT molecular complexity index is 327. The van der Waals surface area contributed by atoms with E-state index < -0.39 is 0 Å². The van der Waals surface area contributed by atoms with Crippen LogP contribution in [0.15, 0.2) is 24.3 Å². The van der Waals surface area contributed by atoms with Crippen LogP contribution in [0.4, 0.5) is 0 Å². The molecule has 2 heteroatoms. The molecule has 1 aromatic carbocycles. The van der Waals surface area contributed by atoms with Crippen LogP contribution in [0.1, 0.15) is 30.0 Å². The van der Waals surface area contributed by atoms with E-state index in [0.717, 1.165) is 12.5 Å². The summed E-state index contributed by atoms with van der Waals surface area (Å²) < 4.78 is 0. The van der Waals surface area contributed by atoms with Crippen molar-refractivity contribution in [3.05, 3.63) is 35.4 Å². The highest BCUT2D eigenvalue weighted by Crippen LogP contribution is 2.29. The summed E-state index contributed by atoms with van der Waals surface area (Å²) in [6, 6.07) is 8.70. The van der Waals surface area contributed by atoms with E-state index in [0.29, 0.717) is 0 Å². The predicted octanol–water partition coefficient (Wildman–Crippen LogP) is 2.34. The monoisotopic (exact) mass is 218 g/mol. The zero-order valence-corrected chi connectivity index (χ0v) is 10.3. The molecule has 0 amide bonds. The first-order valence-corrected chi connectivity index (χ1v) is 6.16. The highest BCUT2D eigenvalue weighted by molar-refractivity contribution is 5.24. The summed E-state index contributed by atoms with van der Waals surface area (Å²) in [5.74, 6) is 0.940. The lowest BCUT2D eigenvalue weighted by molar-refractivity contribution is 0.300. The molecule has 16 heavy (non-hydrogen) atoms. The molecule has 0 radical (unpaired) electrons. The second kappa shape index (κ2) is 4.98. The van der Waals surface area contributed by atoms with Crippen molar-refractivity contribution < 1.29 is 0 Å². The summed E-state index contributed by atoms with van der Waals surface area (Å²) in [5.41, 5.74) is 8.74. The molecule has 0 spiro atoms. The van der Waals surface area contributed by atoms with Gasteiger partial charge in [-0.1, -0.05) is 29.8 Å². The average Bonchev–Trinajstić information content (AvgIpc) is 3.02. The lowest BCUT2D eigenvalue weighted by Crippen LogP contribution is -2.30. The van der Waals surface area contributed by atoms with Crippen LogP contribution in [-0.2, 0) is 0 Å². The number of hydrogen-bond donors (Lipinski definition) is 1. The number of rotatable bonds is 5. The molecule has 0 bridgehead atoms. The van der Waals surface area contributed by atoms with Crippen LogP contribution in [0.25, 0.3) is 0 Å². The molecule has 2 rings (SSSR count). The molecule has 2 N–H and O–H groups in total. The fourth-order valence-electron chi connectivity index (χ4n) is 2.07. The smallest absolute Gasteiger partial charge is 0.0424 e. The number of benzene rings is 1.